The van der Waals surface area contributed by atoms with Crippen LogP contribution < -0.4 is 15.4 Å². The van der Waals surface area contributed by atoms with E-state index in [1.165, 1.54) is 0 Å². The molecule has 0 spiro atoms. The summed E-state index contributed by atoms with van der Waals surface area (Å²) in [5.41, 5.74) is 6.68. The maximum atomic E-state index is 16.8. The van der Waals surface area contributed by atoms with E-state index in [1.807, 2.05) is 30.3 Å². The van der Waals surface area contributed by atoms with E-state index < -0.39 is 5.82 Å². The number of rotatable bonds is 8. The molecule has 1 aromatic heterocycles. The second-order valence-electron chi connectivity index (χ2n) is 13.3. The Bertz CT molecular complexity index is 1770. The first kappa shape index (κ1) is 28.5. The van der Waals surface area contributed by atoms with Crippen LogP contribution in [0, 0.1) is 5.82 Å². The van der Waals surface area contributed by atoms with E-state index >= 15 is 4.39 Å². The minimum Gasteiger partial charge on any atom is -0.508 e. The highest BCUT2D eigenvalue weighted by atomic mass is 19.1. The molecule has 4 saturated heterocycles. The molecule has 0 radical (unpaired) electrons. The minimum absolute atomic E-state index is 0.00448. The number of aromatic nitrogens is 2. The number of halogens is 1. The van der Waals surface area contributed by atoms with Crippen molar-refractivity contribution >= 4 is 33.4 Å². The lowest BCUT2D eigenvalue weighted by Crippen LogP contribution is -2.54. The second kappa shape index (κ2) is 11.1. The Balaban J connectivity index is 1.20. The van der Waals surface area contributed by atoms with Gasteiger partial charge in [0.2, 0.25) is 5.91 Å². The summed E-state index contributed by atoms with van der Waals surface area (Å²) in [5.74, 6) is 0.0205. The zero-order valence-corrected chi connectivity index (χ0v) is 25.4. The van der Waals surface area contributed by atoms with Crippen molar-refractivity contribution in [2.45, 2.75) is 62.6 Å². The molecule has 2 atom stereocenters. The number of primary amides is 1. The predicted molar refractivity (Wildman–Crippen MR) is 172 cm³/mol. The Labute approximate surface area is 261 Å². The van der Waals surface area contributed by atoms with Gasteiger partial charge in [0, 0.05) is 49.1 Å². The number of fused-ring (bicyclic) bond motifs is 5. The van der Waals surface area contributed by atoms with Crippen molar-refractivity contribution in [3.63, 3.8) is 0 Å². The monoisotopic (exact) mass is 610 g/mol. The van der Waals surface area contributed by atoms with E-state index in [9.17, 15) is 9.90 Å². The summed E-state index contributed by atoms with van der Waals surface area (Å²) in [6.45, 7) is 4.77. The van der Waals surface area contributed by atoms with Crippen molar-refractivity contribution in [1.82, 2.24) is 19.8 Å². The van der Waals surface area contributed by atoms with Gasteiger partial charge in [-0.1, -0.05) is 30.3 Å². The number of amides is 1. The number of nitrogens with zero attached hydrogens (tertiary/aromatic N) is 5. The number of hydrogen-bond acceptors (Lipinski definition) is 8. The van der Waals surface area contributed by atoms with Crippen LogP contribution in [0.4, 0.5) is 10.2 Å². The van der Waals surface area contributed by atoms with E-state index in [1.54, 1.807) is 18.2 Å². The number of phenols is 1. The normalized spacial score (nSPS) is 22.8. The maximum absolute atomic E-state index is 16.8. The molecule has 4 aromatic rings. The number of phenolic OH excluding ortho intramolecular Hbond substituents is 1. The molecule has 8 rings (SSSR count). The molecule has 234 valence electrons. The third-order valence-electron chi connectivity index (χ3n) is 10.7. The summed E-state index contributed by atoms with van der Waals surface area (Å²) >= 11 is 0. The highest BCUT2D eigenvalue weighted by molar-refractivity contribution is 6.01. The number of piperazine rings is 1. The molecular formula is C35H39FN6O3. The van der Waals surface area contributed by atoms with Crippen molar-refractivity contribution in [1.29, 1.82) is 0 Å². The van der Waals surface area contributed by atoms with Crippen molar-refractivity contribution < 1.29 is 19.0 Å². The quantitative estimate of drug-likeness (QED) is 0.292. The lowest BCUT2D eigenvalue weighted by molar-refractivity contribution is -0.118. The van der Waals surface area contributed by atoms with E-state index in [4.69, 9.17) is 20.4 Å². The standard InChI is InChI=1S/C35H39FN6O3/c36-31-27(29-18-25(43)17-22-5-1-2-6-26(22)29)9-10-28-32(31)38-34(45-21-35-12-3-14-41(35)15-4-13-35)39-33(28)40-19-23-7-8-24(20-40)42(23)16-11-30(37)44/h1-2,5-6,9-10,17-18,23-24,43H,3-4,7-8,11-16,19-21H2,(H2,37,44). The first-order valence-corrected chi connectivity index (χ1v) is 16.3. The summed E-state index contributed by atoms with van der Waals surface area (Å²) < 4.78 is 23.2. The summed E-state index contributed by atoms with van der Waals surface area (Å²) in [6, 6.07) is 15.4. The van der Waals surface area contributed by atoms with Gasteiger partial charge in [-0.2, -0.15) is 9.97 Å². The van der Waals surface area contributed by atoms with Crippen LogP contribution >= 0.6 is 0 Å². The molecule has 2 bridgehead atoms. The molecule has 4 aliphatic rings. The fourth-order valence-electron chi connectivity index (χ4n) is 8.58. The predicted octanol–water partition coefficient (Wildman–Crippen LogP) is 4.83. The molecule has 0 saturated carbocycles. The lowest BCUT2D eigenvalue weighted by atomic mass is 9.95. The molecule has 4 fully saturated rings. The second-order valence-corrected chi connectivity index (χ2v) is 13.3. The largest absolute Gasteiger partial charge is 0.508 e. The number of hydrogen-bond donors (Lipinski definition) is 2. The van der Waals surface area contributed by atoms with Gasteiger partial charge in [0.25, 0.3) is 0 Å². The maximum Gasteiger partial charge on any atom is 0.319 e. The van der Waals surface area contributed by atoms with Crippen LogP contribution in [0.2, 0.25) is 0 Å². The Morgan fingerprint density at radius 3 is 2.51 bits per heavy atom. The van der Waals surface area contributed by atoms with E-state index in [0.717, 1.165) is 75.5 Å². The molecule has 0 aliphatic carbocycles. The summed E-state index contributed by atoms with van der Waals surface area (Å²) in [6.07, 6.45) is 6.91. The number of carbonyl (C=O) groups excluding carboxylic acids is 1. The topological polar surface area (TPSA) is 108 Å². The highest BCUT2D eigenvalue weighted by Crippen LogP contribution is 2.42. The van der Waals surface area contributed by atoms with Gasteiger partial charge in [-0.25, -0.2) is 4.39 Å². The molecule has 1 amide bonds. The SMILES string of the molecule is NC(=O)CCN1C2CCC1CN(c1nc(OCC34CCCN3CCC4)nc3c(F)c(-c4cc(O)cc5ccccc45)ccc13)C2. The molecule has 10 heteroatoms. The molecule has 9 nitrogen and oxygen atoms in total. The fourth-order valence-corrected chi connectivity index (χ4v) is 8.58. The van der Waals surface area contributed by atoms with Crippen LogP contribution in [0.15, 0.2) is 48.5 Å². The van der Waals surface area contributed by atoms with Crippen LogP contribution in [-0.4, -0.2) is 87.7 Å². The average molecular weight is 611 g/mol. The Morgan fingerprint density at radius 2 is 1.76 bits per heavy atom. The number of benzene rings is 3. The molecule has 2 unspecified atom stereocenters. The summed E-state index contributed by atoms with van der Waals surface area (Å²) in [7, 11) is 0. The van der Waals surface area contributed by atoms with Crippen LogP contribution in [0.1, 0.15) is 44.9 Å². The van der Waals surface area contributed by atoms with Crippen molar-refractivity contribution in [3.8, 4) is 22.9 Å². The number of carbonyl (C=O) groups is 1. The molecule has 5 heterocycles. The third-order valence-corrected chi connectivity index (χ3v) is 10.7. The van der Waals surface area contributed by atoms with Crippen LogP contribution in [0.3, 0.4) is 0 Å². The van der Waals surface area contributed by atoms with E-state index in [2.05, 4.69) is 14.7 Å². The number of aromatic hydroxyl groups is 1. The molecule has 4 aliphatic heterocycles. The van der Waals surface area contributed by atoms with Crippen molar-refractivity contribution in [2.24, 2.45) is 5.73 Å². The highest BCUT2D eigenvalue weighted by Gasteiger charge is 2.45. The van der Waals surface area contributed by atoms with Crippen molar-refractivity contribution in [2.75, 3.05) is 44.2 Å². The van der Waals surface area contributed by atoms with Crippen LogP contribution in [0.5, 0.6) is 11.8 Å². The van der Waals surface area contributed by atoms with Crippen LogP contribution in [-0.2, 0) is 4.79 Å². The lowest BCUT2D eigenvalue weighted by Gasteiger charge is -2.41. The van der Waals surface area contributed by atoms with E-state index in [0.29, 0.717) is 41.9 Å². The average Bonchev–Trinajstić information content (AvgIpc) is 3.68. The van der Waals surface area contributed by atoms with Gasteiger partial charge >= 0.3 is 6.01 Å². The van der Waals surface area contributed by atoms with Gasteiger partial charge in [0.15, 0.2) is 5.82 Å². The third kappa shape index (κ3) is 4.95. The smallest absolute Gasteiger partial charge is 0.319 e. The van der Waals surface area contributed by atoms with E-state index in [-0.39, 0.29) is 40.8 Å². The van der Waals surface area contributed by atoms with Gasteiger partial charge in [0.05, 0.1) is 5.54 Å². The molecular weight excluding hydrogens is 571 g/mol. The zero-order chi connectivity index (χ0) is 30.7. The molecule has 3 aromatic carbocycles. The van der Waals surface area contributed by atoms with Gasteiger partial charge in [-0.15, -0.1) is 0 Å². The fraction of sp³-hybridized carbons (Fsp3) is 0.457. The van der Waals surface area contributed by atoms with Gasteiger partial charge in [-0.05, 0) is 86.1 Å². The Hall–Kier alpha value is -4.02. The Morgan fingerprint density at radius 1 is 1.00 bits per heavy atom. The Kier molecular flexibility index (Phi) is 7.02. The number of ether oxygens (including phenoxy) is 1. The number of nitrogens with two attached hydrogens (primary N) is 1. The molecule has 3 N–H and O–H groups in total. The van der Waals surface area contributed by atoms with Gasteiger partial charge in [0.1, 0.15) is 23.7 Å². The zero-order valence-electron chi connectivity index (χ0n) is 25.4. The first-order valence-electron chi connectivity index (χ1n) is 16.3. The van der Waals surface area contributed by atoms with Gasteiger partial charge in [-0.3, -0.25) is 14.6 Å². The molecule has 45 heavy (non-hydrogen) atoms. The minimum atomic E-state index is -0.457. The summed E-state index contributed by atoms with van der Waals surface area (Å²) in [4.78, 5) is 28.4. The number of anilines is 1. The van der Waals surface area contributed by atoms with Crippen LogP contribution in [0.25, 0.3) is 32.8 Å². The van der Waals surface area contributed by atoms with Gasteiger partial charge < -0.3 is 20.5 Å². The first-order chi connectivity index (χ1) is 21.9. The summed E-state index contributed by atoms with van der Waals surface area (Å²) in [5, 5.41) is 12.8. The van der Waals surface area contributed by atoms with Crippen molar-refractivity contribution in [3.05, 3.63) is 54.3 Å².